The van der Waals surface area contributed by atoms with E-state index in [1.807, 2.05) is 50.2 Å². The highest BCUT2D eigenvalue weighted by molar-refractivity contribution is 7.76. The molecule has 0 heterocycles. The van der Waals surface area contributed by atoms with E-state index in [1.165, 1.54) is 21.2 Å². The summed E-state index contributed by atoms with van der Waals surface area (Å²) in [5.41, 5.74) is 0. The SMILES string of the molecule is CCOc1ccccc1P(CCP(c1ccc(Cl)cc1)c1ccccc1OCC)c1ccc(Cl)cc1. The van der Waals surface area contributed by atoms with E-state index < -0.39 is 15.8 Å². The van der Waals surface area contributed by atoms with Gasteiger partial charge < -0.3 is 9.47 Å². The van der Waals surface area contributed by atoms with E-state index in [9.17, 15) is 0 Å². The predicted molar refractivity (Wildman–Crippen MR) is 160 cm³/mol. The van der Waals surface area contributed by atoms with Gasteiger partial charge >= 0.3 is 0 Å². The van der Waals surface area contributed by atoms with Crippen LogP contribution in [0.15, 0.2) is 97.1 Å². The van der Waals surface area contributed by atoms with Gasteiger partial charge in [-0.25, -0.2) is 0 Å². The monoisotopic (exact) mass is 554 g/mol. The van der Waals surface area contributed by atoms with Crippen LogP contribution in [0.3, 0.4) is 0 Å². The van der Waals surface area contributed by atoms with Crippen molar-refractivity contribution in [3.05, 3.63) is 107 Å². The van der Waals surface area contributed by atoms with Gasteiger partial charge in [0.25, 0.3) is 0 Å². The minimum atomic E-state index is -0.667. The summed E-state index contributed by atoms with van der Waals surface area (Å²) >= 11 is 12.5. The third-order valence-corrected chi connectivity index (χ3v) is 11.7. The fourth-order valence-electron chi connectivity index (χ4n) is 4.13. The molecule has 36 heavy (non-hydrogen) atoms. The molecule has 0 aliphatic carbocycles. The zero-order valence-electron chi connectivity index (χ0n) is 20.5. The lowest BCUT2D eigenvalue weighted by atomic mass is 10.3. The molecule has 186 valence electrons. The minimum Gasteiger partial charge on any atom is -0.493 e. The van der Waals surface area contributed by atoms with E-state index in [2.05, 4.69) is 60.7 Å². The van der Waals surface area contributed by atoms with Crippen molar-refractivity contribution in [1.82, 2.24) is 0 Å². The lowest BCUT2D eigenvalue weighted by Crippen LogP contribution is -2.22. The molecule has 0 bridgehead atoms. The molecule has 0 aliphatic heterocycles. The molecule has 4 aromatic rings. The maximum Gasteiger partial charge on any atom is 0.127 e. The Morgan fingerprint density at radius 3 is 1.25 bits per heavy atom. The second kappa shape index (κ2) is 13.5. The first-order chi connectivity index (χ1) is 17.6. The molecule has 2 atom stereocenters. The second-order valence-corrected chi connectivity index (χ2v) is 13.5. The van der Waals surface area contributed by atoms with Crippen molar-refractivity contribution in [3.8, 4) is 11.5 Å². The fourth-order valence-corrected chi connectivity index (χ4v) is 9.90. The van der Waals surface area contributed by atoms with Gasteiger partial charge in [-0.3, -0.25) is 0 Å². The van der Waals surface area contributed by atoms with Crippen LogP contribution in [0.4, 0.5) is 0 Å². The molecule has 2 unspecified atom stereocenters. The molecule has 0 amide bonds. The van der Waals surface area contributed by atoms with Crippen molar-refractivity contribution in [2.24, 2.45) is 0 Å². The van der Waals surface area contributed by atoms with E-state index >= 15 is 0 Å². The van der Waals surface area contributed by atoms with E-state index in [1.54, 1.807) is 0 Å². The highest BCUT2D eigenvalue weighted by atomic mass is 35.5. The van der Waals surface area contributed by atoms with E-state index in [4.69, 9.17) is 32.7 Å². The summed E-state index contributed by atoms with van der Waals surface area (Å²) in [5.74, 6) is 1.93. The molecule has 0 spiro atoms. The van der Waals surface area contributed by atoms with E-state index in [0.717, 1.165) is 33.9 Å². The quantitative estimate of drug-likeness (QED) is 0.180. The van der Waals surface area contributed by atoms with Crippen LogP contribution in [-0.2, 0) is 0 Å². The maximum absolute atomic E-state index is 6.25. The predicted octanol–water partition coefficient (Wildman–Crippen LogP) is 7.36. The number of benzene rings is 4. The Kier molecular flexibility index (Phi) is 10.1. The highest BCUT2D eigenvalue weighted by Gasteiger charge is 2.23. The zero-order valence-corrected chi connectivity index (χ0v) is 23.8. The van der Waals surface area contributed by atoms with Crippen LogP contribution < -0.4 is 30.7 Å². The van der Waals surface area contributed by atoms with Crippen LogP contribution in [0.25, 0.3) is 0 Å². The third-order valence-electron chi connectivity index (χ3n) is 5.74. The zero-order chi connectivity index (χ0) is 25.3. The van der Waals surface area contributed by atoms with Gasteiger partial charge in [0.1, 0.15) is 11.5 Å². The summed E-state index contributed by atoms with van der Waals surface area (Å²) < 4.78 is 12.1. The molecule has 0 aromatic heterocycles. The number of halogens is 2. The Hall–Kier alpha value is -2.08. The summed E-state index contributed by atoms with van der Waals surface area (Å²) in [7, 11) is -1.33. The van der Waals surface area contributed by atoms with Gasteiger partial charge in [-0.2, -0.15) is 0 Å². The molecule has 0 N–H and O–H groups in total. The highest BCUT2D eigenvalue weighted by Crippen LogP contribution is 2.44. The van der Waals surface area contributed by atoms with Crippen LogP contribution in [0.5, 0.6) is 11.5 Å². The number of hydrogen-bond acceptors (Lipinski definition) is 2. The molecule has 2 nitrogen and oxygen atoms in total. The summed E-state index contributed by atoms with van der Waals surface area (Å²) in [4.78, 5) is 0. The second-order valence-electron chi connectivity index (χ2n) is 8.06. The van der Waals surface area contributed by atoms with Crippen LogP contribution in [0, 0.1) is 0 Å². The number of hydrogen-bond donors (Lipinski definition) is 0. The smallest absolute Gasteiger partial charge is 0.127 e. The van der Waals surface area contributed by atoms with Crippen LogP contribution >= 0.6 is 39.0 Å². The van der Waals surface area contributed by atoms with Gasteiger partial charge in [-0.1, -0.05) is 83.9 Å². The summed E-state index contributed by atoms with van der Waals surface area (Å²) in [6.45, 7) is 5.34. The molecule has 0 saturated carbocycles. The molecule has 4 aromatic carbocycles. The Labute approximate surface area is 227 Å². The van der Waals surface area contributed by atoms with Gasteiger partial charge in [-0.15, -0.1) is 0 Å². The topological polar surface area (TPSA) is 18.5 Å². The van der Waals surface area contributed by atoms with Crippen LogP contribution in [0.2, 0.25) is 10.0 Å². The first-order valence-electron chi connectivity index (χ1n) is 12.1. The Morgan fingerprint density at radius 2 is 0.889 bits per heavy atom. The average molecular weight is 555 g/mol. The van der Waals surface area contributed by atoms with Crippen LogP contribution in [0.1, 0.15) is 13.8 Å². The molecule has 0 saturated heterocycles. The van der Waals surface area contributed by atoms with Gasteiger partial charge in [0.05, 0.1) is 13.2 Å². The van der Waals surface area contributed by atoms with E-state index in [-0.39, 0.29) is 0 Å². The Morgan fingerprint density at radius 1 is 0.528 bits per heavy atom. The third kappa shape index (κ3) is 6.81. The first-order valence-corrected chi connectivity index (χ1v) is 15.9. The van der Waals surface area contributed by atoms with Crippen molar-refractivity contribution < 1.29 is 9.47 Å². The normalized spacial score (nSPS) is 12.7. The van der Waals surface area contributed by atoms with Gasteiger partial charge in [0, 0.05) is 20.7 Å². The lowest BCUT2D eigenvalue weighted by Gasteiger charge is -2.26. The molecule has 0 aliphatic rings. The van der Waals surface area contributed by atoms with Gasteiger partial charge in [0.2, 0.25) is 0 Å². The molecule has 6 heteroatoms. The first kappa shape index (κ1) is 27.0. The molecule has 4 rings (SSSR count). The maximum atomic E-state index is 6.25. The lowest BCUT2D eigenvalue weighted by molar-refractivity contribution is 0.343. The van der Waals surface area contributed by atoms with Crippen molar-refractivity contribution in [3.63, 3.8) is 0 Å². The van der Waals surface area contributed by atoms with Crippen molar-refractivity contribution >= 4 is 60.3 Å². The average Bonchev–Trinajstić information content (AvgIpc) is 2.90. The minimum absolute atomic E-state index is 0.639. The summed E-state index contributed by atoms with van der Waals surface area (Å²) in [6.07, 6.45) is 2.02. The fraction of sp³-hybridized carbons (Fsp3) is 0.200. The van der Waals surface area contributed by atoms with Crippen molar-refractivity contribution in [1.29, 1.82) is 0 Å². The molecule has 0 radical (unpaired) electrons. The van der Waals surface area contributed by atoms with Gasteiger partial charge in [0.15, 0.2) is 0 Å². The number of rotatable bonds is 11. The number of ether oxygens (including phenoxy) is 2. The Balaban J connectivity index is 1.74. The number of para-hydroxylation sites is 2. The molecular weight excluding hydrogens is 525 g/mol. The van der Waals surface area contributed by atoms with Crippen molar-refractivity contribution in [2.45, 2.75) is 13.8 Å². The molecule has 0 fully saturated rings. The summed E-state index contributed by atoms with van der Waals surface area (Å²) in [5, 5.41) is 6.62. The standard InChI is InChI=1S/C30H30Cl2O2P2/c1-3-33-27-9-5-7-11-29(27)35(25-17-13-23(31)14-18-25)21-22-36(26-19-15-24(32)16-20-26)30-12-8-6-10-28(30)34-4-2/h5-20H,3-4,21-22H2,1-2H3. The van der Waals surface area contributed by atoms with Gasteiger partial charge in [-0.05, 0) is 89.0 Å². The van der Waals surface area contributed by atoms with Crippen molar-refractivity contribution in [2.75, 3.05) is 25.5 Å². The molecular formula is C30H30Cl2O2P2. The summed E-state index contributed by atoms with van der Waals surface area (Å²) in [6, 6.07) is 33.5. The largest absolute Gasteiger partial charge is 0.493 e. The Bertz CT molecular complexity index is 1150. The van der Waals surface area contributed by atoms with E-state index in [0.29, 0.717) is 13.2 Å². The van der Waals surface area contributed by atoms with Crippen LogP contribution in [-0.4, -0.2) is 25.5 Å².